The first kappa shape index (κ1) is 24.3. The van der Waals surface area contributed by atoms with E-state index in [1.807, 2.05) is 61.5 Å². The van der Waals surface area contributed by atoms with Gasteiger partial charge in [0.2, 0.25) is 0 Å². The first-order valence-corrected chi connectivity index (χ1v) is 11.2. The fraction of sp³-hybridized carbons (Fsp3) is 0.400. The van der Waals surface area contributed by atoms with Gasteiger partial charge in [-0.05, 0) is 41.8 Å². The van der Waals surface area contributed by atoms with Gasteiger partial charge in [-0.15, -0.1) is 0 Å². The average molecular weight is 453 g/mol. The van der Waals surface area contributed by atoms with Crippen molar-refractivity contribution in [2.45, 2.75) is 25.8 Å². The summed E-state index contributed by atoms with van der Waals surface area (Å²) in [6.45, 7) is 3.11. The summed E-state index contributed by atoms with van der Waals surface area (Å²) >= 11 is 0. The van der Waals surface area contributed by atoms with E-state index in [0.29, 0.717) is 26.1 Å². The van der Waals surface area contributed by atoms with Gasteiger partial charge in [0.15, 0.2) is 0 Å². The molecule has 176 valence electrons. The monoisotopic (exact) mass is 452 g/mol. The number of nitrogens with zero attached hydrogens (tertiary/aromatic N) is 3. The number of methoxy groups -OCH3 is 2. The van der Waals surface area contributed by atoms with E-state index in [9.17, 15) is 9.59 Å². The molecule has 1 heterocycles. The Balaban J connectivity index is 1.84. The molecule has 2 aromatic rings. The van der Waals surface area contributed by atoms with Crippen molar-refractivity contribution in [3.63, 3.8) is 0 Å². The quantitative estimate of drug-likeness (QED) is 0.599. The number of nitrogens with one attached hydrogen (secondary N) is 1. The topological polar surface area (TPSA) is 83.5 Å². The predicted molar refractivity (Wildman–Crippen MR) is 127 cm³/mol. The van der Waals surface area contributed by atoms with Crippen molar-refractivity contribution in [1.82, 2.24) is 15.2 Å². The second-order valence-electron chi connectivity index (χ2n) is 7.79. The van der Waals surface area contributed by atoms with Crippen molar-refractivity contribution in [1.29, 1.82) is 0 Å². The number of amides is 3. The lowest BCUT2D eigenvalue weighted by atomic mass is 9.98. The number of rotatable bonds is 10. The smallest absolute Gasteiger partial charge is 0.317 e. The van der Waals surface area contributed by atoms with Crippen LogP contribution in [0.15, 0.2) is 59.7 Å². The third-order valence-corrected chi connectivity index (χ3v) is 5.48. The van der Waals surface area contributed by atoms with E-state index < -0.39 is 0 Å². The maximum Gasteiger partial charge on any atom is 0.317 e. The van der Waals surface area contributed by atoms with Crippen LogP contribution in [0.3, 0.4) is 0 Å². The molecular weight excluding hydrogens is 420 g/mol. The lowest BCUT2D eigenvalue weighted by Crippen LogP contribution is -2.47. The van der Waals surface area contributed by atoms with Gasteiger partial charge < -0.3 is 19.7 Å². The van der Waals surface area contributed by atoms with Gasteiger partial charge >= 0.3 is 6.03 Å². The molecule has 0 aliphatic carbocycles. The van der Waals surface area contributed by atoms with Gasteiger partial charge in [0, 0.05) is 26.6 Å². The van der Waals surface area contributed by atoms with Crippen molar-refractivity contribution in [2.24, 2.45) is 5.10 Å². The van der Waals surface area contributed by atoms with Gasteiger partial charge in [-0.2, -0.15) is 5.10 Å². The molecule has 0 radical (unpaired) electrons. The van der Waals surface area contributed by atoms with E-state index >= 15 is 0 Å². The number of benzene rings is 2. The molecule has 8 nitrogen and oxygen atoms in total. The normalized spacial score (nSPS) is 15.2. The number of hydrogen-bond acceptors (Lipinski definition) is 5. The Morgan fingerprint density at radius 1 is 1.12 bits per heavy atom. The third-order valence-electron chi connectivity index (χ3n) is 5.48. The molecule has 0 unspecified atom stereocenters. The average Bonchev–Trinajstić information content (AvgIpc) is 3.31. The molecule has 8 heteroatoms. The van der Waals surface area contributed by atoms with Crippen LogP contribution in [0.4, 0.5) is 4.79 Å². The summed E-state index contributed by atoms with van der Waals surface area (Å²) in [5, 5.41) is 9.05. The molecule has 0 aromatic heterocycles. The lowest BCUT2D eigenvalue weighted by molar-refractivity contribution is -0.133. The van der Waals surface area contributed by atoms with Crippen molar-refractivity contribution in [3.05, 3.63) is 65.7 Å². The highest BCUT2D eigenvalue weighted by Gasteiger charge is 2.34. The van der Waals surface area contributed by atoms with E-state index in [2.05, 4.69) is 5.32 Å². The van der Waals surface area contributed by atoms with Crippen LogP contribution >= 0.6 is 0 Å². The number of ether oxygens (including phenoxy) is 2. The summed E-state index contributed by atoms with van der Waals surface area (Å²) in [5.74, 6) is 0.520. The molecule has 0 saturated heterocycles. The largest absolute Gasteiger partial charge is 0.497 e. The number of carbonyl (C=O) groups is 2. The Hall–Kier alpha value is -3.39. The molecule has 2 aromatic carbocycles. The van der Waals surface area contributed by atoms with Crippen LogP contribution in [0.2, 0.25) is 0 Å². The van der Waals surface area contributed by atoms with E-state index in [4.69, 9.17) is 14.6 Å². The zero-order valence-corrected chi connectivity index (χ0v) is 19.5. The summed E-state index contributed by atoms with van der Waals surface area (Å²) in [5.41, 5.74) is 2.75. The minimum absolute atomic E-state index is 0.0817. The molecule has 1 atom stereocenters. The van der Waals surface area contributed by atoms with E-state index in [-0.39, 0.29) is 24.5 Å². The van der Waals surface area contributed by atoms with E-state index in [1.54, 1.807) is 14.2 Å². The van der Waals surface area contributed by atoms with Gasteiger partial charge in [-0.1, -0.05) is 37.3 Å². The van der Waals surface area contributed by atoms with Crippen LogP contribution in [0, 0.1) is 0 Å². The first-order valence-electron chi connectivity index (χ1n) is 11.2. The number of hydrogen-bond donors (Lipinski definition) is 1. The van der Waals surface area contributed by atoms with Crippen molar-refractivity contribution in [3.8, 4) is 5.75 Å². The highest BCUT2D eigenvalue weighted by Crippen LogP contribution is 2.33. The van der Waals surface area contributed by atoms with Crippen LogP contribution in [0.5, 0.6) is 5.75 Å². The molecule has 0 saturated carbocycles. The second kappa shape index (κ2) is 12.0. The fourth-order valence-corrected chi connectivity index (χ4v) is 3.67. The summed E-state index contributed by atoms with van der Waals surface area (Å²) in [6.07, 6.45) is 1.40. The zero-order valence-electron chi connectivity index (χ0n) is 19.5. The van der Waals surface area contributed by atoms with Crippen LogP contribution in [-0.4, -0.2) is 68.0 Å². The van der Waals surface area contributed by atoms with Gasteiger partial charge in [-0.25, -0.2) is 9.80 Å². The van der Waals surface area contributed by atoms with Gasteiger partial charge in [0.05, 0.1) is 25.5 Å². The van der Waals surface area contributed by atoms with Crippen molar-refractivity contribution in [2.75, 3.05) is 40.5 Å². The van der Waals surface area contributed by atoms with Gasteiger partial charge in [0.1, 0.15) is 12.3 Å². The zero-order chi connectivity index (χ0) is 23.6. The molecule has 0 spiro atoms. The lowest BCUT2D eigenvalue weighted by Gasteiger charge is -2.27. The van der Waals surface area contributed by atoms with Crippen LogP contribution in [0.1, 0.15) is 36.9 Å². The summed E-state index contributed by atoms with van der Waals surface area (Å²) in [7, 11) is 3.20. The second-order valence-corrected chi connectivity index (χ2v) is 7.79. The number of carbonyl (C=O) groups excluding carboxylic acids is 2. The van der Waals surface area contributed by atoms with E-state index in [0.717, 1.165) is 29.0 Å². The van der Waals surface area contributed by atoms with Crippen molar-refractivity contribution < 1.29 is 19.1 Å². The van der Waals surface area contributed by atoms with Gasteiger partial charge in [0.25, 0.3) is 5.91 Å². The molecular formula is C25H32N4O4. The highest BCUT2D eigenvalue weighted by atomic mass is 16.5. The standard InChI is InChI=1S/C25H32N4O4/c1-4-14-26-25(31)28(15-16-32-2)18-24(30)29-23(20-8-6-5-7-9-20)17-22(27-29)19-10-12-21(33-3)13-11-19/h5-13,23H,4,14-18H2,1-3H3,(H,26,31)/t23-/m0/s1. The van der Waals surface area contributed by atoms with Crippen LogP contribution < -0.4 is 10.1 Å². The number of urea groups is 1. The first-order chi connectivity index (χ1) is 16.1. The summed E-state index contributed by atoms with van der Waals surface area (Å²) < 4.78 is 10.4. The molecule has 3 rings (SSSR count). The molecule has 33 heavy (non-hydrogen) atoms. The maximum absolute atomic E-state index is 13.4. The third kappa shape index (κ3) is 6.32. The van der Waals surface area contributed by atoms with Crippen LogP contribution in [0.25, 0.3) is 0 Å². The minimum Gasteiger partial charge on any atom is -0.497 e. The minimum atomic E-state index is -0.280. The predicted octanol–water partition coefficient (Wildman–Crippen LogP) is 3.44. The molecule has 0 bridgehead atoms. The SMILES string of the molecule is CCCNC(=O)N(CCOC)CC(=O)N1N=C(c2ccc(OC)cc2)C[C@H]1c1ccccc1. The Morgan fingerprint density at radius 3 is 2.48 bits per heavy atom. The summed E-state index contributed by atoms with van der Waals surface area (Å²) in [6, 6.07) is 17.0. The highest BCUT2D eigenvalue weighted by molar-refractivity contribution is 6.03. The molecule has 3 amide bonds. The Morgan fingerprint density at radius 2 is 1.85 bits per heavy atom. The number of hydrazone groups is 1. The summed E-state index contributed by atoms with van der Waals surface area (Å²) in [4.78, 5) is 27.5. The fourth-order valence-electron chi connectivity index (χ4n) is 3.67. The van der Waals surface area contributed by atoms with Crippen LogP contribution in [-0.2, 0) is 9.53 Å². The molecule has 1 N–H and O–H groups in total. The Bertz CT molecular complexity index is 947. The maximum atomic E-state index is 13.4. The Kier molecular flexibility index (Phi) is 8.83. The van der Waals surface area contributed by atoms with E-state index in [1.165, 1.54) is 9.91 Å². The van der Waals surface area contributed by atoms with Crippen molar-refractivity contribution >= 4 is 17.6 Å². The van der Waals surface area contributed by atoms with Gasteiger partial charge in [-0.3, -0.25) is 4.79 Å². The molecule has 1 aliphatic heterocycles. The Labute approximate surface area is 195 Å². The molecule has 1 aliphatic rings. The molecule has 0 fully saturated rings.